The summed E-state index contributed by atoms with van der Waals surface area (Å²) in [4.78, 5) is 56.8. The largest absolute Gasteiger partial charge is 1.00 e. The Hall–Kier alpha value is 3.12. The van der Waals surface area contributed by atoms with Crippen LogP contribution in [-0.2, 0) is 23.0 Å². The van der Waals surface area contributed by atoms with E-state index in [-0.39, 0.29) is 118 Å². The maximum Gasteiger partial charge on any atom is 1.00 e. The Labute approximate surface area is 217 Å². The Morgan fingerprint density at radius 2 is 0.913 bits per heavy atom. The average molecular weight is 416 g/mol. The molecule has 0 bridgehead atoms. The number of aliphatic hydroxyl groups is 2. The molecule has 0 heterocycles. The minimum atomic E-state index is -5.68. The van der Waals surface area contributed by atoms with Crippen LogP contribution in [0.25, 0.3) is 0 Å². The third-order valence-electron chi connectivity index (χ3n) is 1.01. The van der Waals surface area contributed by atoms with E-state index >= 15 is 0 Å². The van der Waals surface area contributed by atoms with Crippen molar-refractivity contribution in [2.24, 2.45) is 0 Å². The molecule has 2 unspecified atom stereocenters. The summed E-state index contributed by atoms with van der Waals surface area (Å²) in [6.07, 6.45) is -4.53. The van der Waals surface area contributed by atoms with Gasteiger partial charge in [0.15, 0.2) is 12.2 Å². The topological polar surface area (TPSA) is 251 Å². The molecule has 0 spiro atoms. The molecular formula is C4H6Na4O13P2. The second-order valence-corrected chi connectivity index (χ2v) is 4.98. The normalized spacial score (nSPS) is 12.3. The van der Waals surface area contributed by atoms with Crippen LogP contribution in [0.15, 0.2) is 0 Å². The van der Waals surface area contributed by atoms with Gasteiger partial charge in [0.1, 0.15) is 0 Å². The quantitative estimate of drug-likeness (QED) is 0.240. The summed E-state index contributed by atoms with van der Waals surface area (Å²) >= 11 is 0. The van der Waals surface area contributed by atoms with Crippen molar-refractivity contribution in [2.45, 2.75) is 12.2 Å². The van der Waals surface area contributed by atoms with Crippen molar-refractivity contribution < 1.29 is 181 Å². The zero-order chi connectivity index (χ0) is 16.0. The fourth-order valence-corrected chi connectivity index (χ4v) is 1.37. The Bertz CT molecular complexity index is 380. The third kappa shape index (κ3) is 30.1. The molecule has 2 atom stereocenters. The Morgan fingerprint density at radius 3 is 0.957 bits per heavy atom. The van der Waals surface area contributed by atoms with E-state index in [1.165, 1.54) is 0 Å². The predicted octanol–water partition coefficient (Wildman–Crippen LogP) is -17.4. The van der Waals surface area contributed by atoms with Crippen molar-refractivity contribution in [1.29, 1.82) is 0 Å². The van der Waals surface area contributed by atoms with Gasteiger partial charge < -0.3 is 53.4 Å². The van der Waals surface area contributed by atoms with Crippen LogP contribution in [0.4, 0.5) is 0 Å². The summed E-state index contributed by atoms with van der Waals surface area (Å²) in [6.45, 7) is 0. The summed E-state index contributed by atoms with van der Waals surface area (Å²) < 4.78 is 21.2. The van der Waals surface area contributed by atoms with E-state index in [1.54, 1.807) is 0 Å². The van der Waals surface area contributed by atoms with Crippen molar-refractivity contribution in [1.82, 2.24) is 0 Å². The van der Waals surface area contributed by atoms with Gasteiger partial charge in [-0.1, -0.05) is 0 Å². The van der Waals surface area contributed by atoms with Gasteiger partial charge in [-0.05, 0) is 0 Å². The minimum Gasteiger partial charge on any atom is -0.790 e. The number of carboxylic acids is 2. The van der Waals surface area contributed by atoms with Gasteiger partial charge in [-0.3, -0.25) is 0 Å². The first-order valence-electron chi connectivity index (χ1n) is 3.74. The molecule has 0 amide bonds. The average Bonchev–Trinajstić information content (AvgIpc) is 2.09. The summed E-state index contributed by atoms with van der Waals surface area (Å²) in [5, 5.41) is 32.5. The molecule has 0 aliphatic carbocycles. The van der Waals surface area contributed by atoms with Crippen molar-refractivity contribution in [3.63, 3.8) is 0 Å². The molecule has 0 aromatic rings. The molecule has 0 radical (unpaired) electrons. The molecular weight excluding hydrogens is 410 g/mol. The van der Waals surface area contributed by atoms with Crippen LogP contribution in [-0.4, -0.2) is 44.6 Å². The van der Waals surface area contributed by atoms with Crippen LogP contribution < -0.4 is 138 Å². The zero-order valence-corrected chi connectivity index (χ0v) is 22.3. The molecule has 4 N–H and O–H groups in total. The SMILES string of the molecule is O=C(O)C(O)C(O)C(=O)O.O=P([O-])([O-])OP(=O)([O-])[O-].[Na+].[Na+].[Na+].[Na+]. The maximum atomic E-state index is 9.77. The van der Waals surface area contributed by atoms with Gasteiger partial charge in [0.2, 0.25) is 0 Å². The van der Waals surface area contributed by atoms with E-state index in [2.05, 4.69) is 4.31 Å². The number of hydrogen-bond donors (Lipinski definition) is 4. The standard InChI is InChI=1S/C4H6O6.4Na.H4O7P2/c5-1(3(7)8)2(6)4(9)10;;;;;1-8(2,3)7-9(4,5)6/h1-2,5-6H,(H,7,8)(H,9,10);;;;;(H2,1,2,3)(H2,4,5,6)/q;4*+1;/p-4. The second kappa shape index (κ2) is 18.5. The van der Waals surface area contributed by atoms with Gasteiger partial charge in [0.05, 0.1) is 15.6 Å². The van der Waals surface area contributed by atoms with E-state index in [0.717, 1.165) is 0 Å². The van der Waals surface area contributed by atoms with E-state index < -0.39 is 39.8 Å². The van der Waals surface area contributed by atoms with Crippen molar-refractivity contribution in [2.75, 3.05) is 0 Å². The fraction of sp³-hybridized carbons (Fsp3) is 0.500. The van der Waals surface area contributed by atoms with Gasteiger partial charge in [-0.15, -0.1) is 0 Å². The van der Waals surface area contributed by atoms with Crippen molar-refractivity contribution in [3.05, 3.63) is 0 Å². The van der Waals surface area contributed by atoms with Gasteiger partial charge >= 0.3 is 130 Å². The number of aliphatic carboxylic acids is 2. The maximum absolute atomic E-state index is 9.77. The van der Waals surface area contributed by atoms with Crippen LogP contribution in [0.2, 0.25) is 0 Å². The molecule has 0 saturated heterocycles. The number of hydrogen-bond acceptors (Lipinski definition) is 11. The fourth-order valence-electron chi connectivity index (χ4n) is 0.393. The molecule has 23 heavy (non-hydrogen) atoms. The van der Waals surface area contributed by atoms with Gasteiger partial charge in [0.25, 0.3) is 0 Å². The summed E-state index contributed by atoms with van der Waals surface area (Å²) in [5.41, 5.74) is 0. The molecule has 114 valence electrons. The van der Waals surface area contributed by atoms with Gasteiger partial charge in [-0.2, -0.15) is 0 Å². The van der Waals surface area contributed by atoms with Crippen LogP contribution in [0.1, 0.15) is 0 Å². The van der Waals surface area contributed by atoms with Crippen LogP contribution in [0.5, 0.6) is 0 Å². The molecule has 0 rings (SSSR count). The Morgan fingerprint density at radius 1 is 0.739 bits per heavy atom. The first kappa shape index (κ1) is 40.7. The van der Waals surface area contributed by atoms with Crippen molar-refractivity contribution >= 4 is 27.6 Å². The second-order valence-electron chi connectivity index (χ2n) is 2.54. The van der Waals surface area contributed by atoms with Gasteiger partial charge in [0, 0.05) is 0 Å². The molecule has 0 saturated carbocycles. The van der Waals surface area contributed by atoms with Gasteiger partial charge in [-0.25, -0.2) is 9.59 Å². The van der Waals surface area contributed by atoms with Crippen LogP contribution in [0, 0.1) is 0 Å². The summed E-state index contributed by atoms with van der Waals surface area (Å²) in [5.74, 6) is -3.54. The van der Waals surface area contributed by atoms with E-state index in [1.807, 2.05) is 0 Å². The third-order valence-corrected chi connectivity index (χ3v) is 2.61. The molecule has 19 heteroatoms. The van der Waals surface area contributed by atoms with E-state index in [9.17, 15) is 38.3 Å². The smallest absolute Gasteiger partial charge is 0.790 e. The number of aliphatic hydroxyl groups excluding tert-OH is 2. The number of carboxylic acid groups (broad SMARTS) is 2. The summed E-state index contributed by atoms with van der Waals surface area (Å²) in [7, 11) is -11.4. The monoisotopic (exact) mass is 416 g/mol. The predicted molar refractivity (Wildman–Crippen MR) is 43.6 cm³/mol. The molecule has 0 aliphatic rings. The molecule has 0 aliphatic heterocycles. The van der Waals surface area contributed by atoms with Crippen molar-refractivity contribution in [3.8, 4) is 0 Å². The molecule has 13 nitrogen and oxygen atoms in total. The molecule has 0 aromatic heterocycles. The molecule has 0 fully saturated rings. The summed E-state index contributed by atoms with van der Waals surface area (Å²) in [6, 6.07) is 0. The zero-order valence-electron chi connectivity index (χ0n) is 12.5. The first-order valence-corrected chi connectivity index (χ1v) is 6.66. The number of rotatable bonds is 5. The van der Waals surface area contributed by atoms with Crippen LogP contribution >= 0.6 is 15.6 Å². The Balaban J connectivity index is -0.0000000537. The van der Waals surface area contributed by atoms with E-state index in [4.69, 9.17) is 20.4 Å². The number of phosphoric acid groups is 2. The van der Waals surface area contributed by atoms with E-state index in [0.29, 0.717) is 0 Å². The van der Waals surface area contributed by atoms with Crippen LogP contribution in [0.3, 0.4) is 0 Å². The minimum absolute atomic E-state index is 0. The Kier molecular flexibility index (Phi) is 32.7. The number of carbonyl (C=O) groups is 2. The molecule has 0 aromatic carbocycles. The first-order chi connectivity index (χ1) is 8.17.